The van der Waals surface area contributed by atoms with Crippen LogP contribution in [-0.2, 0) is 9.59 Å². The number of nitrogens with zero attached hydrogens (tertiary/aromatic N) is 4. The second-order valence-electron chi connectivity index (χ2n) is 8.83. The van der Waals surface area contributed by atoms with Crippen molar-refractivity contribution in [2.24, 2.45) is 11.7 Å². The Balaban J connectivity index is 1.39. The summed E-state index contributed by atoms with van der Waals surface area (Å²) in [6, 6.07) is 19.3. The first-order valence-electron chi connectivity index (χ1n) is 12.2. The van der Waals surface area contributed by atoms with E-state index in [1.54, 1.807) is 4.90 Å². The second-order valence-corrected chi connectivity index (χ2v) is 11.9. The van der Waals surface area contributed by atoms with E-state index in [1.165, 1.54) is 23.1 Å². The molecule has 2 aromatic carbocycles. The molecule has 3 aromatic rings. The fourth-order valence-electron chi connectivity index (χ4n) is 4.55. The maximum Gasteiger partial charge on any atom is 0.234 e. The van der Waals surface area contributed by atoms with Crippen molar-refractivity contribution in [3.63, 3.8) is 0 Å². The Labute approximate surface area is 242 Å². The van der Waals surface area contributed by atoms with Crippen LogP contribution < -0.4 is 16.0 Å². The monoisotopic (exact) mass is 618 g/mol. The lowest BCUT2D eigenvalue weighted by molar-refractivity contribution is -0.116. The Kier molecular flexibility index (Phi) is 8.26. The first-order valence-corrected chi connectivity index (χ1v) is 14.7. The summed E-state index contributed by atoms with van der Waals surface area (Å²) in [4.78, 5) is 27.3. The zero-order valence-corrected chi connectivity index (χ0v) is 23.9. The highest BCUT2D eigenvalue weighted by Gasteiger charge is 2.39. The Bertz CT molecular complexity index is 1560. The number of carbonyl (C=O) groups excluding carboxylic acids is 2. The number of allylic oxidation sites excluding steroid dienone is 4. The third-order valence-corrected chi connectivity index (χ3v) is 8.80. The fourth-order valence-corrected chi connectivity index (χ4v) is 6.63. The van der Waals surface area contributed by atoms with Crippen molar-refractivity contribution in [1.82, 2.24) is 10.2 Å². The lowest BCUT2D eigenvalue weighted by Gasteiger charge is -2.37. The van der Waals surface area contributed by atoms with Crippen molar-refractivity contribution in [3.05, 3.63) is 93.4 Å². The summed E-state index contributed by atoms with van der Waals surface area (Å²) in [5.41, 5.74) is 9.87. The van der Waals surface area contributed by atoms with Crippen LogP contribution in [0.2, 0.25) is 0 Å². The van der Waals surface area contributed by atoms with Crippen LogP contribution in [0.4, 0.5) is 10.8 Å². The van der Waals surface area contributed by atoms with Crippen LogP contribution in [0.15, 0.2) is 92.1 Å². The standard InChI is InChI=1S/C28H23BrN6O2S2/c29-18-8-4-9-19(14-18)32-24(37)16-38-28-34-33-27(39-28)35-22-10-5-11-23(36)25(22)20(21(15-30)26(35)31)13-12-17-6-2-1-3-7-17/h1-4,6-9,12-14,20H,5,10-11,16,31H2,(H,32,37)/b13-12+. The van der Waals surface area contributed by atoms with Gasteiger partial charge in [-0.2, -0.15) is 5.26 Å². The minimum absolute atomic E-state index is 0.00699. The predicted octanol–water partition coefficient (Wildman–Crippen LogP) is 5.88. The zero-order valence-electron chi connectivity index (χ0n) is 20.6. The molecule has 2 heterocycles. The van der Waals surface area contributed by atoms with Crippen molar-refractivity contribution in [3.8, 4) is 6.07 Å². The number of nitrogens with two attached hydrogens (primary N) is 1. The van der Waals surface area contributed by atoms with E-state index in [9.17, 15) is 14.9 Å². The second kappa shape index (κ2) is 12.0. The molecule has 0 saturated heterocycles. The van der Waals surface area contributed by atoms with Gasteiger partial charge >= 0.3 is 0 Å². The fraction of sp³-hybridized carbons (Fsp3) is 0.179. The molecule has 39 heavy (non-hydrogen) atoms. The molecular weight excluding hydrogens is 596 g/mol. The van der Waals surface area contributed by atoms with Crippen molar-refractivity contribution in [1.29, 1.82) is 5.26 Å². The number of thioether (sulfide) groups is 1. The van der Waals surface area contributed by atoms with Gasteiger partial charge in [-0.25, -0.2) is 0 Å². The first-order chi connectivity index (χ1) is 18.9. The zero-order chi connectivity index (χ0) is 27.4. The number of hydrogen-bond donors (Lipinski definition) is 2. The lowest BCUT2D eigenvalue weighted by atomic mass is 9.79. The number of ketones is 1. The summed E-state index contributed by atoms with van der Waals surface area (Å²) < 4.78 is 1.45. The van der Waals surface area contributed by atoms with Gasteiger partial charge in [0.15, 0.2) is 10.1 Å². The predicted molar refractivity (Wildman–Crippen MR) is 158 cm³/mol. The minimum Gasteiger partial charge on any atom is -0.384 e. The first kappa shape index (κ1) is 26.9. The quantitative estimate of drug-likeness (QED) is 0.314. The third kappa shape index (κ3) is 5.98. The van der Waals surface area contributed by atoms with Crippen molar-refractivity contribution >= 4 is 67.6 Å². The average Bonchev–Trinajstić information content (AvgIpc) is 3.39. The highest BCUT2D eigenvalue weighted by molar-refractivity contribution is 9.10. The summed E-state index contributed by atoms with van der Waals surface area (Å²) in [5, 5.41) is 22.0. The van der Waals surface area contributed by atoms with Gasteiger partial charge < -0.3 is 11.1 Å². The number of benzene rings is 2. The van der Waals surface area contributed by atoms with Crippen LogP contribution >= 0.6 is 39.0 Å². The number of rotatable bonds is 7. The highest BCUT2D eigenvalue weighted by Crippen LogP contribution is 2.44. The number of halogens is 1. The molecule has 196 valence electrons. The molecule has 1 atom stereocenters. The van der Waals surface area contributed by atoms with E-state index in [4.69, 9.17) is 5.73 Å². The number of nitriles is 1. The van der Waals surface area contributed by atoms with E-state index in [2.05, 4.69) is 37.5 Å². The van der Waals surface area contributed by atoms with Gasteiger partial charge in [0.2, 0.25) is 11.0 Å². The van der Waals surface area contributed by atoms with Crippen LogP contribution in [-0.4, -0.2) is 27.6 Å². The van der Waals surface area contributed by atoms with Gasteiger partial charge in [0.05, 0.1) is 17.4 Å². The molecule has 1 aliphatic heterocycles. The number of aromatic nitrogens is 2. The van der Waals surface area contributed by atoms with Crippen LogP contribution in [0.1, 0.15) is 24.8 Å². The number of anilines is 2. The summed E-state index contributed by atoms with van der Waals surface area (Å²) in [6.07, 6.45) is 5.53. The van der Waals surface area contributed by atoms with E-state index >= 15 is 0 Å². The minimum atomic E-state index is -0.530. The largest absolute Gasteiger partial charge is 0.384 e. The molecule has 0 fully saturated rings. The van der Waals surface area contributed by atoms with Crippen LogP contribution in [0.5, 0.6) is 0 Å². The Morgan fingerprint density at radius 1 is 1.23 bits per heavy atom. The number of Topliss-reactive ketones (excluding diaryl/α,β-unsaturated/α-hetero) is 1. The topological polar surface area (TPSA) is 125 Å². The molecular formula is C28H23BrN6O2S2. The Morgan fingerprint density at radius 3 is 2.82 bits per heavy atom. The van der Waals surface area contributed by atoms with Gasteiger partial charge in [0.25, 0.3) is 0 Å². The number of hydrogen-bond acceptors (Lipinski definition) is 9. The van der Waals surface area contributed by atoms with E-state index in [0.717, 1.165) is 15.7 Å². The molecule has 0 bridgehead atoms. The molecule has 2 aliphatic rings. The van der Waals surface area contributed by atoms with E-state index < -0.39 is 5.92 Å². The van der Waals surface area contributed by atoms with Gasteiger partial charge in [-0.1, -0.05) is 87.6 Å². The molecule has 8 nitrogen and oxygen atoms in total. The van der Waals surface area contributed by atoms with E-state index in [1.807, 2.05) is 66.7 Å². The molecule has 0 spiro atoms. The molecule has 1 aliphatic carbocycles. The summed E-state index contributed by atoms with van der Waals surface area (Å²) in [5.74, 6) is -0.303. The molecule has 5 rings (SSSR count). The molecule has 0 radical (unpaired) electrons. The van der Waals surface area contributed by atoms with Gasteiger partial charge in [-0.3, -0.25) is 14.5 Å². The molecule has 11 heteroatoms. The van der Waals surface area contributed by atoms with Crippen molar-refractivity contribution in [2.75, 3.05) is 16.0 Å². The molecule has 1 aromatic heterocycles. The SMILES string of the molecule is N#CC1=C(N)N(c2nnc(SCC(=O)Nc3cccc(Br)c3)s2)C2=C(C(=O)CCC2)C1/C=C/c1ccccc1. The lowest BCUT2D eigenvalue weighted by Crippen LogP contribution is -2.39. The maximum atomic E-state index is 13.2. The Morgan fingerprint density at radius 2 is 2.05 bits per heavy atom. The van der Waals surface area contributed by atoms with Gasteiger partial charge in [-0.15, -0.1) is 10.2 Å². The smallest absolute Gasteiger partial charge is 0.234 e. The van der Waals surface area contributed by atoms with Gasteiger partial charge in [-0.05, 0) is 36.6 Å². The Hall–Kier alpha value is -3.72. The van der Waals surface area contributed by atoms with Crippen LogP contribution in [0, 0.1) is 17.2 Å². The average molecular weight is 620 g/mol. The maximum absolute atomic E-state index is 13.2. The highest BCUT2D eigenvalue weighted by atomic mass is 79.9. The molecule has 1 unspecified atom stereocenters. The van der Waals surface area contributed by atoms with Gasteiger partial charge in [0, 0.05) is 33.8 Å². The van der Waals surface area contributed by atoms with Crippen molar-refractivity contribution in [2.45, 2.75) is 23.6 Å². The number of amides is 1. The van der Waals surface area contributed by atoms with Gasteiger partial charge in [0.1, 0.15) is 5.82 Å². The molecule has 3 N–H and O–H groups in total. The van der Waals surface area contributed by atoms with E-state index in [0.29, 0.717) is 45.6 Å². The summed E-state index contributed by atoms with van der Waals surface area (Å²) in [6.45, 7) is 0. The van der Waals surface area contributed by atoms with Crippen LogP contribution in [0.25, 0.3) is 6.08 Å². The van der Waals surface area contributed by atoms with Crippen molar-refractivity contribution < 1.29 is 9.59 Å². The summed E-state index contributed by atoms with van der Waals surface area (Å²) in [7, 11) is 0. The number of nitrogens with one attached hydrogen (secondary N) is 1. The molecule has 0 saturated carbocycles. The van der Waals surface area contributed by atoms with E-state index in [-0.39, 0.29) is 23.3 Å². The molecule has 1 amide bonds. The summed E-state index contributed by atoms with van der Waals surface area (Å²) >= 11 is 5.92. The third-order valence-electron chi connectivity index (χ3n) is 6.26. The normalized spacial score (nSPS) is 17.4. The van der Waals surface area contributed by atoms with Crippen LogP contribution in [0.3, 0.4) is 0 Å². The number of carbonyl (C=O) groups is 2.